The van der Waals surface area contributed by atoms with Crippen molar-refractivity contribution < 1.29 is 28.9 Å². The number of carbonyl (C=O) groups excluding carboxylic acids is 2. The number of hydrogen-bond donors (Lipinski definition) is 1. The second kappa shape index (κ2) is 6.26. The molecule has 2 aliphatic carbocycles. The first kappa shape index (κ1) is 20.3. The Labute approximate surface area is 167 Å². The van der Waals surface area contributed by atoms with Gasteiger partial charge in [-0.2, -0.15) is 0 Å². The van der Waals surface area contributed by atoms with Gasteiger partial charge in [-0.15, -0.1) is 0 Å². The van der Waals surface area contributed by atoms with Gasteiger partial charge in [-0.05, 0) is 50.9 Å². The van der Waals surface area contributed by atoms with Gasteiger partial charge in [0.25, 0.3) is 0 Å². The molecule has 28 heavy (non-hydrogen) atoms. The molecule has 8 atom stereocenters. The van der Waals surface area contributed by atoms with Gasteiger partial charge in [-0.25, -0.2) is 0 Å². The first-order valence-electron chi connectivity index (χ1n) is 10.6. The third-order valence-electron chi connectivity index (χ3n) is 8.41. The second-order valence-corrected chi connectivity index (χ2v) is 10.6. The highest BCUT2D eigenvalue weighted by molar-refractivity contribution is 5.85. The Balaban J connectivity index is 1.68. The minimum absolute atomic E-state index is 0.0768. The molecule has 0 bridgehead atoms. The fourth-order valence-corrected chi connectivity index (χ4v) is 7.07. The number of esters is 1. The smallest absolute Gasteiger partial charge is 0.302 e. The standard InChI is InChI=1S/C22H34O6/c1-13(23)27-12-20(3)16(25)7-8-19(2)15-6-9-21(4,17-11-26-17)28-22(15,5)10-14(24)18(19)20/h15-18,25H,6-12H2,1-5H3/t15-,16-,17?,18-,19+,20+,21-,22+/m1/s1. The fraction of sp³-hybridized carbons (Fsp3) is 0.909. The predicted molar refractivity (Wildman–Crippen MR) is 102 cm³/mol. The topological polar surface area (TPSA) is 85.4 Å². The average molecular weight is 395 g/mol. The van der Waals surface area contributed by atoms with E-state index in [1.54, 1.807) is 0 Å². The molecule has 2 aliphatic heterocycles. The van der Waals surface area contributed by atoms with Crippen LogP contribution in [0.5, 0.6) is 0 Å². The van der Waals surface area contributed by atoms with Crippen LogP contribution < -0.4 is 0 Å². The number of epoxide rings is 1. The van der Waals surface area contributed by atoms with Crippen LogP contribution in [0.25, 0.3) is 0 Å². The Kier molecular flexibility index (Phi) is 4.54. The highest BCUT2D eigenvalue weighted by atomic mass is 16.6. The third-order valence-corrected chi connectivity index (χ3v) is 8.41. The lowest BCUT2D eigenvalue weighted by Gasteiger charge is -2.65. The van der Waals surface area contributed by atoms with Gasteiger partial charge >= 0.3 is 5.97 Å². The van der Waals surface area contributed by atoms with Gasteiger partial charge in [0.1, 0.15) is 11.9 Å². The van der Waals surface area contributed by atoms with Gasteiger partial charge in [-0.3, -0.25) is 9.59 Å². The molecule has 4 rings (SSSR count). The molecule has 4 aliphatic rings. The molecule has 6 heteroatoms. The highest BCUT2D eigenvalue weighted by Crippen LogP contribution is 2.65. The van der Waals surface area contributed by atoms with Crippen LogP contribution in [0.1, 0.15) is 66.7 Å². The fourth-order valence-electron chi connectivity index (χ4n) is 7.07. The summed E-state index contributed by atoms with van der Waals surface area (Å²) in [7, 11) is 0. The second-order valence-electron chi connectivity index (χ2n) is 10.6. The van der Waals surface area contributed by atoms with Gasteiger partial charge in [-0.1, -0.05) is 13.8 Å². The lowest BCUT2D eigenvalue weighted by molar-refractivity contribution is -0.269. The minimum Gasteiger partial charge on any atom is -0.465 e. The van der Waals surface area contributed by atoms with E-state index in [1.165, 1.54) is 6.92 Å². The summed E-state index contributed by atoms with van der Waals surface area (Å²) in [6.45, 7) is 10.5. The Bertz CT molecular complexity index is 689. The molecule has 158 valence electrons. The summed E-state index contributed by atoms with van der Waals surface area (Å²) in [6, 6.07) is 0. The summed E-state index contributed by atoms with van der Waals surface area (Å²) in [5.41, 5.74) is -1.91. The summed E-state index contributed by atoms with van der Waals surface area (Å²) in [5.74, 6) is -0.379. The van der Waals surface area contributed by atoms with Crippen molar-refractivity contribution >= 4 is 11.8 Å². The van der Waals surface area contributed by atoms with E-state index in [4.69, 9.17) is 14.2 Å². The molecule has 2 saturated carbocycles. The molecule has 1 unspecified atom stereocenters. The Morgan fingerprint density at radius 2 is 1.86 bits per heavy atom. The van der Waals surface area contributed by atoms with Crippen LogP contribution in [-0.2, 0) is 23.8 Å². The number of aliphatic hydroxyl groups is 1. The van der Waals surface area contributed by atoms with Crippen molar-refractivity contribution in [2.75, 3.05) is 13.2 Å². The molecule has 0 spiro atoms. The number of ketones is 1. The van der Waals surface area contributed by atoms with Gasteiger partial charge < -0.3 is 19.3 Å². The number of Topliss-reactive ketones (excluding diaryl/α,β-unsaturated/α-hetero) is 1. The first-order chi connectivity index (χ1) is 12.9. The maximum atomic E-state index is 13.5. The molecule has 6 nitrogen and oxygen atoms in total. The summed E-state index contributed by atoms with van der Waals surface area (Å²) in [4.78, 5) is 25.0. The number of ether oxygens (including phenoxy) is 3. The molecule has 0 radical (unpaired) electrons. The van der Waals surface area contributed by atoms with E-state index in [-0.39, 0.29) is 47.3 Å². The van der Waals surface area contributed by atoms with E-state index < -0.39 is 17.1 Å². The van der Waals surface area contributed by atoms with E-state index in [0.29, 0.717) is 12.8 Å². The lowest BCUT2D eigenvalue weighted by atomic mass is 9.43. The average Bonchev–Trinajstić information content (AvgIpc) is 3.41. The third kappa shape index (κ3) is 2.86. The molecular weight excluding hydrogens is 360 g/mol. The summed E-state index contributed by atoms with van der Waals surface area (Å²) in [6.07, 6.45) is 3.09. The van der Waals surface area contributed by atoms with Crippen LogP contribution in [-0.4, -0.2) is 53.5 Å². The Hall–Kier alpha value is -0.980. The van der Waals surface area contributed by atoms with Crippen molar-refractivity contribution in [2.45, 2.75) is 90.1 Å². The van der Waals surface area contributed by atoms with E-state index in [2.05, 4.69) is 20.8 Å². The SMILES string of the molecule is CC(=O)OC[C@]1(C)[C@@H]2C(=O)C[C@]3(C)O[C@@](C)(C4CO4)CC[C@@H]3[C@]2(C)CC[C@H]1O. The number of fused-ring (bicyclic) bond motifs is 3. The summed E-state index contributed by atoms with van der Waals surface area (Å²) < 4.78 is 17.5. The van der Waals surface area contributed by atoms with Gasteiger partial charge in [0.2, 0.25) is 0 Å². The minimum atomic E-state index is -0.766. The van der Waals surface area contributed by atoms with Crippen LogP contribution in [0, 0.1) is 22.7 Å². The zero-order valence-corrected chi connectivity index (χ0v) is 17.7. The monoisotopic (exact) mass is 394 g/mol. The van der Waals surface area contributed by atoms with E-state index >= 15 is 0 Å². The Morgan fingerprint density at radius 1 is 1.18 bits per heavy atom. The van der Waals surface area contributed by atoms with E-state index in [1.807, 2.05) is 6.92 Å². The van der Waals surface area contributed by atoms with Crippen molar-refractivity contribution in [2.24, 2.45) is 22.7 Å². The van der Waals surface area contributed by atoms with Crippen molar-refractivity contribution in [1.29, 1.82) is 0 Å². The van der Waals surface area contributed by atoms with Crippen LogP contribution in [0.4, 0.5) is 0 Å². The normalized spacial score (nSPS) is 53.1. The van der Waals surface area contributed by atoms with Crippen molar-refractivity contribution in [3.05, 3.63) is 0 Å². The van der Waals surface area contributed by atoms with Crippen molar-refractivity contribution in [1.82, 2.24) is 0 Å². The molecule has 0 amide bonds. The molecule has 4 fully saturated rings. The van der Waals surface area contributed by atoms with Gasteiger partial charge in [0, 0.05) is 24.7 Å². The zero-order valence-electron chi connectivity index (χ0n) is 17.7. The molecule has 0 aromatic rings. The van der Waals surface area contributed by atoms with Gasteiger partial charge in [0.15, 0.2) is 0 Å². The highest BCUT2D eigenvalue weighted by Gasteiger charge is 2.68. The Morgan fingerprint density at radius 3 is 2.46 bits per heavy atom. The largest absolute Gasteiger partial charge is 0.465 e. The number of rotatable bonds is 3. The van der Waals surface area contributed by atoms with Crippen LogP contribution in [0.3, 0.4) is 0 Å². The molecule has 0 aromatic heterocycles. The van der Waals surface area contributed by atoms with Crippen LogP contribution in [0.2, 0.25) is 0 Å². The predicted octanol–water partition coefficient (Wildman–Crippen LogP) is 2.65. The first-order valence-corrected chi connectivity index (χ1v) is 10.6. The molecule has 1 N–H and O–H groups in total. The van der Waals surface area contributed by atoms with Crippen LogP contribution >= 0.6 is 0 Å². The van der Waals surface area contributed by atoms with E-state index in [0.717, 1.165) is 25.9 Å². The number of carbonyl (C=O) groups is 2. The van der Waals surface area contributed by atoms with Crippen LogP contribution in [0.15, 0.2) is 0 Å². The molecular formula is C22H34O6. The summed E-state index contributed by atoms with van der Waals surface area (Å²) in [5, 5.41) is 10.8. The number of aliphatic hydroxyl groups excluding tert-OH is 1. The summed E-state index contributed by atoms with van der Waals surface area (Å²) >= 11 is 0. The lowest BCUT2D eigenvalue weighted by Crippen LogP contribution is -2.69. The van der Waals surface area contributed by atoms with Crippen molar-refractivity contribution in [3.8, 4) is 0 Å². The van der Waals surface area contributed by atoms with E-state index in [9.17, 15) is 14.7 Å². The van der Waals surface area contributed by atoms with Crippen molar-refractivity contribution in [3.63, 3.8) is 0 Å². The quantitative estimate of drug-likeness (QED) is 0.585. The molecule has 2 heterocycles. The molecule has 0 aromatic carbocycles. The maximum absolute atomic E-state index is 13.5. The number of hydrogen-bond acceptors (Lipinski definition) is 6. The zero-order chi connectivity index (χ0) is 20.5. The molecule has 2 saturated heterocycles. The maximum Gasteiger partial charge on any atom is 0.302 e. The van der Waals surface area contributed by atoms with Gasteiger partial charge in [0.05, 0.1) is 30.5 Å².